The molecule has 3 unspecified atom stereocenters. The van der Waals surface area contributed by atoms with Crippen LogP contribution in [0.5, 0.6) is 11.5 Å². The topological polar surface area (TPSA) is 79.5 Å². The van der Waals surface area contributed by atoms with Crippen molar-refractivity contribution < 1.29 is 19.4 Å². The molecular weight excluding hydrogens is 294 g/mol. The molecule has 2 aliphatic rings. The highest BCUT2D eigenvalue weighted by molar-refractivity contribution is 5.79. The number of ether oxygens (including phenoxy) is 2. The van der Waals surface area contributed by atoms with Crippen LogP contribution in [0.15, 0.2) is 42.5 Å². The van der Waals surface area contributed by atoms with Gasteiger partial charge in [-0.1, -0.05) is 18.2 Å². The first-order valence-corrected chi connectivity index (χ1v) is 7.32. The Kier molecular flexibility index (Phi) is 2.98. The van der Waals surface area contributed by atoms with Gasteiger partial charge in [-0.15, -0.1) is 0 Å². The summed E-state index contributed by atoms with van der Waals surface area (Å²) in [6, 6.07) is 14.9. The molecule has 1 aliphatic heterocycles. The van der Waals surface area contributed by atoms with Gasteiger partial charge in [-0.2, -0.15) is 5.26 Å². The van der Waals surface area contributed by atoms with Crippen LogP contribution in [0, 0.1) is 17.2 Å². The maximum atomic E-state index is 11.0. The summed E-state index contributed by atoms with van der Waals surface area (Å²) < 4.78 is 11.4. The lowest BCUT2D eigenvalue weighted by Crippen LogP contribution is -2.08. The summed E-state index contributed by atoms with van der Waals surface area (Å²) >= 11 is 0. The highest BCUT2D eigenvalue weighted by Crippen LogP contribution is 2.58. The minimum Gasteiger partial charge on any atom is -0.489 e. The molecule has 0 saturated heterocycles. The summed E-state index contributed by atoms with van der Waals surface area (Å²) in [4.78, 5) is 11.0. The largest absolute Gasteiger partial charge is 0.489 e. The van der Waals surface area contributed by atoms with Crippen molar-refractivity contribution in [1.29, 1.82) is 5.26 Å². The average Bonchev–Trinajstić information content (AvgIpc) is 3.16. The third-order valence-corrected chi connectivity index (χ3v) is 4.31. The monoisotopic (exact) mass is 307 g/mol. The van der Waals surface area contributed by atoms with Gasteiger partial charge in [-0.25, -0.2) is 0 Å². The fraction of sp³-hybridized carbons (Fsp3) is 0.222. The van der Waals surface area contributed by atoms with E-state index in [4.69, 9.17) is 19.8 Å². The van der Waals surface area contributed by atoms with Crippen molar-refractivity contribution in [1.82, 2.24) is 0 Å². The number of nitrogens with zero attached hydrogens (tertiary/aromatic N) is 1. The summed E-state index contributed by atoms with van der Waals surface area (Å²) in [6.07, 6.45) is -0.231. The highest BCUT2D eigenvalue weighted by atomic mass is 16.5. The first kappa shape index (κ1) is 13.6. The number of benzene rings is 2. The van der Waals surface area contributed by atoms with Gasteiger partial charge in [-0.05, 0) is 23.8 Å². The predicted octanol–water partition coefficient (Wildman–Crippen LogP) is 2.70. The molecule has 0 bridgehead atoms. The van der Waals surface area contributed by atoms with Crippen LogP contribution in [0.4, 0.5) is 0 Å². The summed E-state index contributed by atoms with van der Waals surface area (Å²) in [6.45, 7) is 0.360. The van der Waals surface area contributed by atoms with Gasteiger partial charge in [0.15, 0.2) is 0 Å². The minimum atomic E-state index is -0.802. The Morgan fingerprint density at radius 1 is 1.30 bits per heavy atom. The van der Waals surface area contributed by atoms with E-state index in [9.17, 15) is 4.79 Å². The third-order valence-electron chi connectivity index (χ3n) is 4.31. The lowest BCUT2D eigenvalue weighted by molar-refractivity contribution is -0.139. The first-order chi connectivity index (χ1) is 11.2. The Hall–Kier alpha value is -3.00. The summed E-state index contributed by atoms with van der Waals surface area (Å²) in [5, 5.41) is 18.0. The van der Waals surface area contributed by atoms with E-state index in [-0.39, 0.29) is 12.0 Å². The molecule has 0 amide bonds. The summed E-state index contributed by atoms with van der Waals surface area (Å²) in [7, 11) is 0. The number of fused-ring (bicyclic) bond motifs is 3. The van der Waals surface area contributed by atoms with Crippen LogP contribution in [-0.4, -0.2) is 17.2 Å². The Balaban J connectivity index is 1.46. The molecule has 1 N–H and O–H groups in total. The Bertz CT molecular complexity index is 839. The van der Waals surface area contributed by atoms with Gasteiger partial charge in [0.05, 0.1) is 11.6 Å². The molecule has 5 heteroatoms. The van der Waals surface area contributed by atoms with Crippen molar-refractivity contribution in [2.75, 3.05) is 0 Å². The molecule has 114 valence electrons. The van der Waals surface area contributed by atoms with Crippen LogP contribution in [0.25, 0.3) is 0 Å². The van der Waals surface area contributed by atoms with Gasteiger partial charge < -0.3 is 14.6 Å². The fourth-order valence-corrected chi connectivity index (χ4v) is 3.12. The van der Waals surface area contributed by atoms with Gasteiger partial charge in [0.2, 0.25) is 0 Å². The number of nitriles is 1. The molecular formula is C18H13NO4. The minimum absolute atomic E-state index is 0.0242. The van der Waals surface area contributed by atoms with E-state index in [2.05, 4.69) is 6.07 Å². The molecule has 0 aromatic heterocycles. The number of carbonyl (C=O) groups is 1. The summed E-state index contributed by atoms with van der Waals surface area (Å²) in [5.41, 5.74) is 2.46. The fourth-order valence-electron chi connectivity index (χ4n) is 3.12. The van der Waals surface area contributed by atoms with Crippen LogP contribution in [0.3, 0.4) is 0 Å². The lowest BCUT2D eigenvalue weighted by Gasteiger charge is -2.10. The van der Waals surface area contributed by atoms with E-state index >= 15 is 0 Å². The van der Waals surface area contributed by atoms with Crippen molar-refractivity contribution in [2.45, 2.75) is 18.6 Å². The molecule has 3 atom stereocenters. The van der Waals surface area contributed by atoms with E-state index in [1.54, 1.807) is 18.2 Å². The summed E-state index contributed by atoms with van der Waals surface area (Å²) in [5.74, 6) is 0.135. The van der Waals surface area contributed by atoms with Crippen LogP contribution < -0.4 is 9.47 Å². The zero-order chi connectivity index (χ0) is 16.0. The molecule has 4 rings (SSSR count). The highest BCUT2D eigenvalue weighted by Gasteiger charge is 2.63. The van der Waals surface area contributed by atoms with Crippen molar-refractivity contribution in [3.05, 3.63) is 59.2 Å². The molecule has 2 aromatic rings. The van der Waals surface area contributed by atoms with E-state index in [0.29, 0.717) is 23.7 Å². The normalized spacial score (nSPS) is 23.2. The smallest absolute Gasteiger partial charge is 0.311 e. The van der Waals surface area contributed by atoms with E-state index in [1.165, 1.54) is 0 Å². The molecule has 0 radical (unpaired) electrons. The number of hydrogen-bond donors (Lipinski definition) is 1. The Labute approximate surface area is 132 Å². The Morgan fingerprint density at radius 3 is 2.96 bits per heavy atom. The number of hydrogen-bond acceptors (Lipinski definition) is 4. The standard InChI is InChI=1S/C18H13NO4/c19-8-10-2-1-3-11(6-10)9-22-12-4-5-13-14(7-12)23-17-15(13)16(17)18(20)21/h1-7,15-17H,9H2,(H,20,21). The molecule has 23 heavy (non-hydrogen) atoms. The van der Waals surface area contributed by atoms with Crippen LogP contribution in [-0.2, 0) is 11.4 Å². The predicted molar refractivity (Wildman–Crippen MR) is 80.2 cm³/mol. The van der Waals surface area contributed by atoms with Crippen LogP contribution in [0.1, 0.15) is 22.6 Å². The van der Waals surface area contributed by atoms with E-state index in [1.807, 2.05) is 24.3 Å². The van der Waals surface area contributed by atoms with E-state index in [0.717, 1.165) is 11.1 Å². The number of carboxylic acid groups (broad SMARTS) is 1. The second-order valence-corrected chi connectivity index (χ2v) is 5.77. The molecule has 1 heterocycles. The second-order valence-electron chi connectivity index (χ2n) is 5.77. The molecule has 1 aliphatic carbocycles. The zero-order valence-corrected chi connectivity index (χ0v) is 12.1. The van der Waals surface area contributed by atoms with Crippen molar-refractivity contribution >= 4 is 5.97 Å². The van der Waals surface area contributed by atoms with E-state index < -0.39 is 11.9 Å². The van der Waals surface area contributed by atoms with Crippen molar-refractivity contribution in [2.24, 2.45) is 5.92 Å². The number of carboxylic acids is 1. The van der Waals surface area contributed by atoms with Crippen LogP contribution in [0.2, 0.25) is 0 Å². The van der Waals surface area contributed by atoms with Crippen molar-refractivity contribution in [3.8, 4) is 17.6 Å². The quantitative estimate of drug-likeness (QED) is 0.939. The van der Waals surface area contributed by atoms with Crippen molar-refractivity contribution in [3.63, 3.8) is 0 Å². The van der Waals surface area contributed by atoms with Gasteiger partial charge in [0.1, 0.15) is 30.1 Å². The second kappa shape index (κ2) is 5.03. The molecule has 5 nitrogen and oxygen atoms in total. The maximum absolute atomic E-state index is 11.0. The van der Waals surface area contributed by atoms with Gasteiger partial charge in [0.25, 0.3) is 0 Å². The third kappa shape index (κ3) is 2.29. The van der Waals surface area contributed by atoms with Gasteiger partial charge in [-0.3, -0.25) is 4.79 Å². The Morgan fingerprint density at radius 2 is 2.17 bits per heavy atom. The number of rotatable bonds is 4. The SMILES string of the molecule is N#Cc1cccc(COc2ccc3c(c2)OC2C(C(=O)O)C32)c1. The molecule has 1 saturated carbocycles. The van der Waals surface area contributed by atoms with Gasteiger partial charge >= 0.3 is 5.97 Å². The average molecular weight is 307 g/mol. The first-order valence-electron chi connectivity index (χ1n) is 7.32. The lowest BCUT2D eigenvalue weighted by atomic mass is 10.1. The number of aliphatic carboxylic acids is 1. The maximum Gasteiger partial charge on any atom is 0.311 e. The zero-order valence-electron chi connectivity index (χ0n) is 12.1. The van der Waals surface area contributed by atoms with Crippen LogP contribution >= 0.6 is 0 Å². The molecule has 2 aromatic carbocycles. The molecule has 0 spiro atoms. The van der Waals surface area contributed by atoms with Gasteiger partial charge in [0, 0.05) is 17.5 Å². The molecule has 1 fully saturated rings.